The Bertz CT molecular complexity index is 114. The smallest absolute Gasteiger partial charge is 0.219 e. The number of nitrogens with zero attached hydrogens (tertiary/aromatic N) is 1. The number of carbonyl (C=O) groups excluding carboxylic acids is 1. The van der Waals surface area contributed by atoms with Crippen molar-refractivity contribution in [1.82, 2.24) is 0 Å². The maximum Gasteiger partial charge on any atom is 0.219 e. The largest absolute Gasteiger partial charge is 0.624 e. The van der Waals surface area contributed by atoms with Crippen LogP contribution in [0.25, 0.3) is 0 Å². The molecule has 0 saturated carbocycles. The summed E-state index contributed by atoms with van der Waals surface area (Å²) in [5.41, 5.74) is 0. The highest BCUT2D eigenvalue weighted by molar-refractivity contribution is 6.25. The van der Waals surface area contributed by atoms with Crippen LogP contribution < -0.4 is 0 Å². The summed E-state index contributed by atoms with van der Waals surface area (Å²) in [6.07, 6.45) is 1.42. The molecule has 0 atom stereocenters. The molecule has 0 aromatic heterocycles. The van der Waals surface area contributed by atoms with E-state index in [9.17, 15) is 10.0 Å². The Balaban J connectivity index is 3.70. The summed E-state index contributed by atoms with van der Waals surface area (Å²) in [5, 5.41) is 10.1. The maximum atomic E-state index is 10.3. The molecule has 0 rings (SSSR count). The van der Waals surface area contributed by atoms with Crippen molar-refractivity contribution in [2.75, 3.05) is 7.05 Å². The number of hydroxylamine groups is 1. The van der Waals surface area contributed by atoms with E-state index in [2.05, 4.69) is 0 Å². The van der Waals surface area contributed by atoms with Gasteiger partial charge in [0.1, 0.15) is 7.05 Å². The van der Waals surface area contributed by atoms with Gasteiger partial charge in [0.05, 0.1) is 0 Å². The SMILES string of the molecule is CCC(=O)C=[N+](C)[O-]. The molecule has 0 spiro atoms. The van der Waals surface area contributed by atoms with Crippen molar-refractivity contribution in [3.05, 3.63) is 5.21 Å². The predicted molar refractivity (Wildman–Crippen MR) is 30.9 cm³/mol. The fourth-order valence-electron chi connectivity index (χ4n) is 0.294. The Hall–Kier alpha value is -0.860. The van der Waals surface area contributed by atoms with E-state index in [1.807, 2.05) is 0 Å². The molecule has 0 fully saturated rings. The lowest BCUT2D eigenvalue weighted by Crippen LogP contribution is -2.05. The summed E-state index contributed by atoms with van der Waals surface area (Å²) >= 11 is 0. The van der Waals surface area contributed by atoms with Gasteiger partial charge < -0.3 is 5.21 Å². The molecule has 0 aliphatic rings. The van der Waals surface area contributed by atoms with E-state index < -0.39 is 0 Å². The van der Waals surface area contributed by atoms with Gasteiger partial charge in [-0.2, -0.15) is 0 Å². The summed E-state index contributed by atoms with van der Waals surface area (Å²) in [5.74, 6) is -0.137. The minimum atomic E-state index is -0.137. The van der Waals surface area contributed by atoms with E-state index in [0.717, 1.165) is 6.21 Å². The van der Waals surface area contributed by atoms with Crippen LogP contribution in [-0.4, -0.2) is 23.8 Å². The first kappa shape index (κ1) is 7.14. The number of hydrogen-bond donors (Lipinski definition) is 0. The topological polar surface area (TPSA) is 43.1 Å². The molecule has 0 radical (unpaired) electrons. The molecular weight excluding hydrogens is 106 g/mol. The van der Waals surface area contributed by atoms with Gasteiger partial charge in [-0.25, -0.2) is 4.74 Å². The zero-order valence-corrected chi connectivity index (χ0v) is 5.05. The van der Waals surface area contributed by atoms with Gasteiger partial charge in [-0.3, -0.25) is 4.79 Å². The summed E-state index contributed by atoms with van der Waals surface area (Å²) in [6.45, 7) is 1.71. The third-order valence-electron chi connectivity index (χ3n) is 0.674. The van der Waals surface area contributed by atoms with Crippen molar-refractivity contribution >= 4 is 12.0 Å². The van der Waals surface area contributed by atoms with Crippen LogP contribution in [0.2, 0.25) is 0 Å². The highest BCUT2D eigenvalue weighted by Crippen LogP contribution is 1.73. The highest BCUT2D eigenvalue weighted by Gasteiger charge is 1.93. The molecule has 0 saturated heterocycles. The van der Waals surface area contributed by atoms with Crippen molar-refractivity contribution in [1.29, 1.82) is 0 Å². The quantitative estimate of drug-likeness (QED) is 0.223. The van der Waals surface area contributed by atoms with Crippen LogP contribution in [0.5, 0.6) is 0 Å². The molecule has 0 amide bonds. The van der Waals surface area contributed by atoms with E-state index >= 15 is 0 Å². The van der Waals surface area contributed by atoms with Crippen LogP contribution in [0.1, 0.15) is 13.3 Å². The van der Waals surface area contributed by atoms with Crippen LogP contribution in [0.3, 0.4) is 0 Å². The lowest BCUT2D eigenvalue weighted by atomic mass is 10.3. The molecule has 46 valence electrons. The number of carbonyl (C=O) groups is 1. The van der Waals surface area contributed by atoms with Gasteiger partial charge in [-0.05, 0) is 0 Å². The second-order valence-corrected chi connectivity index (χ2v) is 1.50. The summed E-state index contributed by atoms with van der Waals surface area (Å²) in [7, 11) is 1.29. The molecule has 0 aromatic rings. The molecule has 0 aromatic carbocycles. The van der Waals surface area contributed by atoms with Gasteiger partial charge in [0.15, 0.2) is 0 Å². The first-order chi connectivity index (χ1) is 3.66. The summed E-state index contributed by atoms with van der Waals surface area (Å²) in [6, 6.07) is 0. The fraction of sp³-hybridized carbons (Fsp3) is 0.600. The van der Waals surface area contributed by atoms with Crippen molar-refractivity contribution in [3.63, 3.8) is 0 Å². The monoisotopic (exact) mass is 115 g/mol. The maximum absolute atomic E-state index is 10.3. The van der Waals surface area contributed by atoms with Gasteiger partial charge in [0.25, 0.3) is 0 Å². The minimum absolute atomic E-state index is 0.137. The van der Waals surface area contributed by atoms with E-state index in [1.165, 1.54) is 7.05 Å². The van der Waals surface area contributed by atoms with E-state index in [-0.39, 0.29) is 5.78 Å². The second-order valence-electron chi connectivity index (χ2n) is 1.50. The molecule has 3 nitrogen and oxygen atoms in total. The zero-order valence-electron chi connectivity index (χ0n) is 5.05. The van der Waals surface area contributed by atoms with E-state index in [0.29, 0.717) is 11.2 Å². The van der Waals surface area contributed by atoms with Crippen molar-refractivity contribution in [2.45, 2.75) is 13.3 Å². The molecule has 0 bridgehead atoms. The second kappa shape index (κ2) is 3.18. The third-order valence-corrected chi connectivity index (χ3v) is 0.674. The van der Waals surface area contributed by atoms with Crippen LogP contribution in [0.15, 0.2) is 0 Å². The molecule has 0 N–H and O–H groups in total. The lowest BCUT2D eigenvalue weighted by Gasteiger charge is -1.90. The molecule has 8 heavy (non-hydrogen) atoms. The summed E-state index contributed by atoms with van der Waals surface area (Å²) < 4.78 is 0.506. The van der Waals surface area contributed by atoms with Crippen LogP contribution in [0.4, 0.5) is 0 Å². The van der Waals surface area contributed by atoms with Crippen molar-refractivity contribution in [2.24, 2.45) is 0 Å². The molecule has 0 unspecified atom stereocenters. The Morgan fingerprint density at radius 2 is 2.38 bits per heavy atom. The van der Waals surface area contributed by atoms with E-state index in [1.54, 1.807) is 6.92 Å². The van der Waals surface area contributed by atoms with Crippen LogP contribution in [-0.2, 0) is 4.79 Å². The first-order valence-electron chi connectivity index (χ1n) is 2.44. The lowest BCUT2D eigenvalue weighted by molar-refractivity contribution is -0.416. The van der Waals surface area contributed by atoms with Gasteiger partial charge in [0, 0.05) is 6.42 Å². The average Bonchev–Trinajstić information content (AvgIpc) is 1.65. The van der Waals surface area contributed by atoms with Crippen LogP contribution in [0, 0.1) is 5.21 Å². The van der Waals surface area contributed by atoms with E-state index in [4.69, 9.17) is 0 Å². The Morgan fingerprint density at radius 3 is 2.50 bits per heavy atom. The first-order valence-corrected chi connectivity index (χ1v) is 2.44. The normalized spacial score (nSPS) is 11.5. The highest BCUT2D eigenvalue weighted by atomic mass is 16.5. The molecule has 0 heterocycles. The number of Topliss-reactive ketones (excluding diaryl/α,β-unsaturated/α-hetero) is 1. The summed E-state index contributed by atoms with van der Waals surface area (Å²) in [4.78, 5) is 10.3. The van der Waals surface area contributed by atoms with Gasteiger partial charge >= 0.3 is 0 Å². The molecule has 0 aliphatic heterocycles. The van der Waals surface area contributed by atoms with Gasteiger partial charge in [-0.1, -0.05) is 6.92 Å². The minimum Gasteiger partial charge on any atom is -0.624 e. The van der Waals surface area contributed by atoms with Gasteiger partial charge in [0.2, 0.25) is 12.0 Å². The standard InChI is InChI=1S/C5H9NO2/c1-3-5(7)4-6(2)8/h4H,3H2,1-2H3. The van der Waals surface area contributed by atoms with Crippen molar-refractivity contribution in [3.8, 4) is 0 Å². The average molecular weight is 115 g/mol. The predicted octanol–water partition coefficient (Wildman–Crippen LogP) is 0.176. The fourth-order valence-corrected chi connectivity index (χ4v) is 0.294. The number of ketones is 1. The Morgan fingerprint density at radius 1 is 1.88 bits per heavy atom. The third kappa shape index (κ3) is 3.33. The zero-order chi connectivity index (χ0) is 6.57. The molecule has 0 aliphatic carbocycles. The molecular formula is C5H9NO2. The van der Waals surface area contributed by atoms with Gasteiger partial charge in [-0.15, -0.1) is 0 Å². The van der Waals surface area contributed by atoms with Crippen molar-refractivity contribution < 1.29 is 9.53 Å². The Kier molecular flexibility index (Phi) is 2.84. The van der Waals surface area contributed by atoms with Crippen LogP contribution >= 0.6 is 0 Å². The number of rotatable bonds is 2. The number of hydrogen-bond acceptors (Lipinski definition) is 2. The molecule has 3 heteroatoms. The Labute approximate surface area is 48.2 Å².